The Labute approximate surface area is 173 Å². The van der Waals surface area contributed by atoms with E-state index in [0.29, 0.717) is 30.1 Å². The third-order valence-corrected chi connectivity index (χ3v) is 5.77. The molecule has 0 radical (unpaired) electrons. The topological polar surface area (TPSA) is 105 Å². The number of ether oxygens (including phenoxy) is 3. The van der Waals surface area contributed by atoms with E-state index in [1.54, 1.807) is 17.8 Å². The molecule has 0 fully saturated rings. The van der Waals surface area contributed by atoms with Crippen LogP contribution in [0, 0.1) is 5.92 Å². The summed E-state index contributed by atoms with van der Waals surface area (Å²) in [5.41, 5.74) is 6.65. The number of Topliss-reactive ketones (excluding diaryl/α,β-unsaturated/α-hetero) is 1. The number of nitrogens with two attached hydrogens (primary N) is 1. The molecule has 1 aliphatic rings. The number of thioether (sulfide) groups is 2. The van der Waals surface area contributed by atoms with Gasteiger partial charge in [-0.2, -0.15) is 11.8 Å². The van der Waals surface area contributed by atoms with Gasteiger partial charge in [0.2, 0.25) is 6.79 Å². The number of benzene rings is 1. The predicted octanol–water partition coefficient (Wildman–Crippen LogP) is 2.05. The Hall–Kier alpha value is -1.71. The molecule has 0 spiro atoms. The summed E-state index contributed by atoms with van der Waals surface area (Å²) in [6, 6.07) is 4.74. The van der Waals surface area contributed by atoms with Crippen LogP contribution >= 0.6 is 23.5 Å². The van der Waals surface area contributed by atoms with Crippen LogP contribution in [0.1, 0.15) is 18.9 Å². The Balaban J connectivity index is 1.96. The van der Waals surface area contributed by atoms with Crippen molar-refractivity contribution in [2.45, 2.75) is 25.8 Å². The highest BCUT2D eigenvalue weighted by Crippen LogP contribution is 2.33. The average Bonchev–Trinajstić information content (AvgIpc) is 3.14. The molecule has 154 valence electrons. The molecule has 1 heterocycles. The monoisotopic (exact) mass is 427 g/mol. The minimum atomic E-state index is -0.737. The summed E-state index contributed by atoms with van der Waals surface area (Å²) < 4.78 is 15.8. The maximum Gasteiger partial charge on any atom is 0.323 e. The largest absolute Gasteiger partial charge is 0.457 e. The van der Waals surface area contributed by atoms with Crippen molar-refractivity contribution in [3.8, 4) is 11.5 Å². The fourth-order valence-electron chi connectivity index (χ4n) is 2.57. The molecule has 2 atom stereocenters. The Morgan fingerprint density at radius 3 is 2.71 bits per heavy atom. The molecule has 0 saturated heterocycles. The highest BCUT2D eigenvalue weighted by molar-refractivity contribution is 8.13. The molecule has 0 bridgehead atoms. The number of rotatable bonds is 11. The van der Waals surface area contributed by atoms with Crippen LogP contribution in [0.4, 0.5) is 0 Å². The van der Waals surface area contributed by atoms with Gasteiger partial charge in [0.25, 0.3) is 0 Å². The number of ketones is 1. The molecule has 0 aromatic heterocycles. The Kier molecular flexibility index (Phi) is 9.14. The van der Waals surface area contributed by atoms with Crippen LogP contribution < -0.4 is 15.2 Å². The van der Waals surface area contributed by atoms with Crippen LogP contribution in [0.25, 0.3) is 0 Å². The van der Waals surface area contributed by atoms with Gasteiger partial charge in [0.1, 0.15) is 12.6 Å². The van der Waals surface area contributed by atoms with Gasteiger partial charge >= 0.3 is 5.97 Å². The lowest BCUT2D eigenvalue weighted by Gasteiger charge is -2.16. The second-order valence-corrected chi connectivity index (χ2v) is 8.54. The lowest BCUT2D eigenvalue weighted by atomic mass is 9.97. The minimum absolute atomic E-state index is 0.0698. The van der Waals surface area contributed by atoms with E-state index in [1.165, 1.54) is 6.92 Å². The molecule has 1 unspecified atom stereocenters. The van der Waals surface area contributed by atoms with Gasteiger partial charge in [0.05, 0.1) is 0 Å². The van der Waals surface area contributed by atoms with Crippen molar-refractivity contribution in [2.75, 3.05) is 31.2 Å². The van der Waals surface area contributed by atoms with Gasteiger partial charge in [-0.05, 0) is 42.5 Å². The molecule has 2 rings (SSSR count). The molecule has 9 heteroatoms. The number of hydrogen-bond acceptors (Lipinski definition) is 9. The van der Waals surface area contributed by atoms with Crippen molar-refractivity contribution >= 4 is 40.4 Å². The van der Waals surface area contributed by atoms with Gasteiger partial charge in [0, 0.05) is 18.6 Å². The van der Waals surface area contributed by atoms with Gasteiger partial charge < -0.3 is 19.9 Å². The predicted molar refractivity (Wildman–Crippen MR) is 110 cm³/mol. The van der Waals surface area contributed by atoms with Gasteiger partial charge in [-0.3, -0.25) is 14.4 Å². The van der Waals surface area contributed by atoms with Crippen LogP contribution in [0.3, 0.4) is 0 Å². The first-order chi connectivity index (χ1) is 13.4. The summed E-state index contributed by atoms with van der Waals surface area (Å²) in [4.78, 5) is 35.9. The number of carbonyl (C=O) groups excluding carboxylic acids is 3. The van der Waals surface area contributed by atoms with Crippen LogP contribution in [0.2, 0.25) is 0 Å². The molecule has 1 aliphatic heterocycles. The molecule has 0 amide bonds. The third kappa shape index (κ3) is 7.03. The summed E-state index contributed by atoms with van der Waals surface area (Å²) in [5.74, 6) is 1.07. The van der Waals surface area contributed by atoms with E-state index < -0.39 is 17.9 Å². The van der Waals surface area contributed by atoms with Crippen LogP contribution in [0.15, 0.2) is 18.2 Å². The summed E-state index contributed by atoms with van der Waals surface area (Å²) in [7, 11) is 0. The zero-order chi connectivity index (χ0) is 20.5. The Bertz CT molecular complexity index is 712. The van der Waals surface area contributed by atoms with Crippen molar-refractivity contribution in [1.82, 2.24) is 0 Å². The zero-order valence-corrected chi connectivity index (χ0v) is 17.6. The lowest BCUT2D eigenvalue weighted by molar-refractivity contribution is -0.150. The second-order valence-electron chi connectivity index (χ2n) is 6.35. The van der Waals surface area contributed by atoms with E-state index in [0.717, 1.165) is 23.1 Å². The zero-order valence-electron chi connectivity index (χ0n) is 16.0. The highest BCUT2D eigenvalue weighted by Gasteiger charge is 2.24. The standard InChI is InChI=1S/C19H25NO6S2/c1-12(21)28-10-14(7-13-3-4-17-18(8-13)26-11-25-17)16(22)9-24-19(23)15(20)5-6-27-2/h3-4,8,14-15H,5-7,9-11,20H2,1-2H3/t14-,15?/m1/s1. The SMILES string of the molecule is CSCCC(N)C(=O)OCC(=O)[C@@H](CSC(C)=O)Cc1ccc2c(c1)OCO2. The van der Waals surface area contributed by atoms with Crippen LogP contribution in [-0.4, -0.2) is 54.1 Å². The number of esters is 1. The molecule has 2 N–H and O–H groups in total. The van der Waals surface area contributed by atoms with Crippen LogP contribution in [-0.2, 0) is 25.5 Å². The first-order valence-corrected chi connectivity index (χ1v) is 11.2. The van der Waals surface area contributed by atoms with Gasteiger partial charge in [-0.15, -0.1) is 0 Å². The van der Waals surface area contributed by atoms with Crippen molar-refractivity contribution in [3.63, 3.8) is 0 Å². The number of carbonyl (C=O) groups is 3. The first kappa shape index (κ1) is 22.6. The van der Waals surface area contributed by atoms with E-state index >= 15 is 0 Å². The minimum Gasteiger partial charge on any atom is -0.457 e. The third-order valence-electron chi connectivity index (χ3n) is 4.15. The maximum absolute atomic E-state index is 12.6. The van der Waals surface area contributed by atoms with Crippen molar-refractivity contribution in [3.05, 3.63) is 23.8 Å². The maximum atomic E-state index is 12.6. The fourth-order valence-corrected chi connectivity index (χ4v) is 3.80. The molecule has 0 aliphatic carbocycles. The molecular weight excluding hydrogens is 402 g/mol. The summed E-state index contributed by atoms with van der Waals surface area (Å²) >= 11 is 2.67. The summed E-state index contributed by atoms with van der Waals surface area (Å²) in [6.45, 7) is 1.28. The van der Waals surface area contributed by atoms with Gasteiger partial charge in [0.15, 0.2) is 22.4 Å². The summed E-state index contributed by atoms with van der Waals surface area (Å²) in [6.07, 6.45) is 2.83. The summed E-state index contributed by atoms with van der Waals surface area (Å²) in [5, 5.41) is -0.0698. The van der Waals surface area contributed by atoms with E-state index in [2.05, 4.69) is 0 Å². The van der Waals surface area contributed by atoms with Gasteiger partial charge in [-0.1, -0.05) is 17.8 Å². The molecule has 28 heavy (non-hydrogen) atoms. The Morgan fingerprint density at radius 2 is 2.00 bits per heavy atom. The Morgan fingerprint density at radius 1 is 1.25 bits per heavy atom. The highest BCUT2D eigenvalue weighted by atomic mass is 32.2. The fraction of sp³-hybridized carbons (Fsp3) is 0.526. The van der Waals surface area contributed by atoms with E-state index in [9.17, 15) is 14.4 Å². The molecule has 1 aromatic rings. The average molecular weight is 428 g/mol. The second kappa shape index (κ2) is 11.3. The first-order valence-electron chi connectivity index (χ1n) is 8.86. The van der Waals surface area contributed by atoms with E-state index in [1.807, 2.05) is 18.4 Å². The lowest BCUT2D eigenvalue weighted by Crippen LogP contribution is -2.35. The number of fused-ring (bicyclic) bond motifs is 1. The van der Waals surface area contributed by atoms with Crippen molar-refractivity contribution in [1.29, 1.82) is 0 Å². The molecular formula is C19H25NO6S2. The van der Waals surface area contributed by atoms with Crippen LogP contribution in [0.5, 0.6) is 11.5 Å². The number of hydrogen-bond donors (Lipinski definition) is 1. The van der Waals surface area contributed by atoms with Crippen molar-refractivity contribution in [2.24, 2.45) is 11.7 Å². The normalized spacial score (nSPS) is 14.4. The smallest absolute Gasteiger partial charge is 0.323 e. The molecule has 1 aromatic carbocycles. The molecule has 0 saturated carbocycles. The van der Waals surface area contributed by atoms with Gasteiger partial charge in [-0.25, -0.2) is 0 Å². The van der Waals surface area contributed by atoms with Crippen molar-refractivity contribution < 1.29 is 28.6 Å². The quantitative estimate of drug-likeness (QED) is 0.531. The van der Waals surface area contributed by atoms with E-state index in [-0.39, 0.29) is 24.3 Å². The van der Waals surface area contributed by atoms with E-state index in [4.69, 9.17) is 19.9 Å². The molecule has 7 nitrogen and oxygen atoms in total.